The average Bonchev–Trinajstić information content (AvgIpc) is 2.41. The van der Waals surface area contributed by atoms with Gasteiger partial charge in [0.2, 0.25) is 5.88 Å². The van der Waals surface area contributed by atoms with E-state index in [2.05, 4.69) is 24.1 Å². The van der Waals surface area contributed by atoms with E-state index in [4.69, 9.17) is 16.3 Å². The van der Waals surface area contributed by atoms with Crippen LogP contribution in [0.4, 0.5) is 4.39 Å². The van der Waals surface area contributed by atoms with Crippen molar-refractivity contribution in [1.82, 2.24) is 10.3 Å². The summed E-state index contributed by atoms with van der Waals surface area (Å²) in [4.78, 5) is 4.02. The van der Waals surface area contributed by atoms with Gasteiger partial charge in [0, 0.05) is 17.1 Å². The molecule has 0 aliphatic carbocycles. The number of pyridine rings is 1. The van der Waals surface area contributed by atoms with E-state index in [1.54, 1.807) is 24.3 Å². The molecule has 0 aliphatic rings. The first-order valence-corrected chi connectivity index (χ1v) is 7.21. The number of halogens is 2. The van der Waals surface area contributed by atoms with Crippen LogP contribution in [0.2, 0.25) is 5.02 Å². The molecule has 5 heteroatoms. The van der Waals surface area contributed by atoms with Gasteiger partial charge < -0.3 is 10.1 Å². The van der Waals surface area contributed by atoms with Crippen LogP contribution in [0.3, 0.4) is 0 Å². The van der Waals surface area contributed by atoms with E-state index in [0.717, 1.165) is 12.7 Å². The molecule has 2 aromatic rings. The molecule has 0 amide bonds. The van der Waals surface area contributed by atoms with Crippen molar-refractivity contribution in [3.8, 4) is 11.6 Å². The molecule has 1 heterocycles. The van der Waals surface area contributed by atoms with Crippen LogP contribution in [0.5, 0.6) is 11.6 Å². The molecule has 1 aromatic carbocycles. The molecule has 0 unspecified atom stereocenters. The SMILES string of the molecule is CC(C)CNCc1cc(F)cnc1Oc1cccc(Cl)c1. The second-order valence-corrected chi connectivity index (χ2v) is 5.64. The molecule has 0 aliphatic heterocycles. The Kier molecular flexibility index (Phi) is 5.53. The fraction of sp³-hybridized carbons (Fsp3) is 0.312. The molecule has 0 radical (unpaired) electrons. The molecule has 0 bridgehead atoms. The summed E-state index contributed by atoms with van der Waals surface area (Å²) in [6.45, 7) is 5.56. The van der Waals surface area contributed by atoms with Crippen molar-refractivity contribution in [1.29, 1.82) is 0 Å². The Morgan fingerprint density at radius 2 is 2.14 bits per heavy atom. The van der Waals surface area contributed by atoms with Crippen LogP contribution >= 0.6 is 11.6 Å². The predicted molar refractivity (Wildman–Crippen MR) is 82.3 cm³/mol. The highest BCUT2D eigenvalue weighted by molar-refractivity contribution is 6.30. The normalized spacial score (nSPS) is 10.9. The molecule has 112 valence electrons. The van der Waals surface area contributed by atoms with Crippen molar-refractivity contribution in [2.75, 3.05) is 6.54 Å². The smallest absolute Gasteiger partial charge is 0.223 e. The van der Waals surface area contributed by atoms with Crippen molar-refractivity contribution in [3.63, 3.8) is 0 Å². The summed E-state index contributed by atoms with van der Waals surface area (Å²) in [7, 11) is 0. The van der Waals surface area contributed by atoms with Gasteiger partial charge in [0.25, 0.3) is 0 Å². The first-order chi connectivity index (χ1) is 10.0. The van der Waals surface area contributed by atoms with Gasteiger partial charge in [-0.25, -0.2) is 9.37 Å². The van der Waals surface area contributed by atoms with E-state index in [9.17, 15) is 4.39 Å². The summed E-state index contributed by atoms with van der Waals surface area (Å²) in [5.41, 5.74) is 0.677. The monoisotopic (exact) mass is 308 g/mol. The van der Waals surface area contributed by atoms with Gasteiger partial charge >= 0.3 is 0 Å². The summed E-state index contributed by atoms with van der Waals surface area (Å²) in [6, 6.07) is 8.45. The molecule has 0 spiro atoms. The number of benzene rings is 1. The van der Waals surface area contributed by atoms with Gasteiger partial charge in [-0.3, -0.25) is 0 Å². The van der Waals surface area contributed by atoms with Gasteiger partial charge in [-0.15, -0.1) is 0 Å². The minimum Gasteiger partial charge on any atom is -0.439 e. The number of hydrogen-bond donors (Lipinski definition) is 1. The standard InChI is InChI=1S/C16H18ClFN2O/c1-11(2)8-19-9-12-6-14(18)10-20-16(12)21-15-5-3-4-13(17)7-15/h3-7,10-11,19H,8-9H2,1-2H3. The van der Waals surface area contributed by atoms with Crippen molar-refractivity contribution >= 4 is 11.6 Å². The third kappa shape index (κ3) is 4.99. The molecular weight excluding hydrogens is 291 g/mol. The lowest BCUT2D eigenvalue weighted by atomic mass is 10.2. The van der Waals surface area contributed by atoms with E-state index < -0.39 is 0 Å². The van der Waals surface area contributed by atoms with Gasteiger partial charge in [0.1, 0.15) is 11.6 Å². The average molecular weight is 309 g/mol. The lowest BCUT2D eigenvalue weighted by Gasteiger charge is -2.12. The molecule has 1 N–H and O–H groups in total. The van der Waals surface area contributed by atoms with Crippen LogP contribution < -0.4 is 10.1 Å². The molecule has 2 rings (SSSR count). The third-order valence-corrected chi connectivity index (χ3v) is 3.01. The predicted octanol–water partition coefficient (Wildman–Crippen LogP) is 4.41. The Hall–Kier alpha value is -1.65. The van der Waals surface area contributed by atoms with Crippen LogP contribution in [0.1, 0.15) is 19.4 Å². The summed E-state index contributed by atoms with van der Waals surface area (Å²) in [6.07, 6.45) is 1.14. The van der Waals surface area contributed by atoms with Gasteiger partial charge in [0.05, 0.1) is 6.20 Å². The summed E-state index contributed by atoms with van der Waals surface area (Å²) < 4.78 is 19.1. The second kappa shape index (κ2) is 7.38. The van der Waals surface area contributed by atoms with Gasteiger partial charge in [-0.1, -0.05) is 31.5 Å². The lowest BCUT2D eigenvalue weighted by molar-refractivity contribution is 0.446. The summed E-state index contributed by atoms with van der Waals surface area (Å²) in [5, 5.41) is 3.83. The Morgan fingerprint density at radius 3 is 2.86 bits per heavy atom. The minimum atomic E-state index is -0.380. The highest BCUT2D eigenvalue weighted by Crippen LogP contribution is 2.25. The fourth-order valence-corrected chi connectivity index (χ4v) is 2.01. The molecule has 0 saturated heterocycles. The van der Waals surface area contributed by atoms with Crippen LogP contribution in [-0.4, -0.2) is 11.5 Å². The topological polar surface area (TPSA) is 34.2 Å². The van der Waals surface area contributed by atoms with Crippen molar-refractivity contribution in [2.45, 2.75) is 20.4 Å². The van der Waals surface area contributed by atoms with E-state index in [1.807, 2.05) is 0 Å². The Balaban J connectivity index is 2.14. The van der Waals surface area contributed by atoms with Crippen molar-refractivity contribution < 1.29 is 9.13 Å². The van der Waals surface area contributed by atoms with Crippen LogP contribution in [0.15, 0.2) is 36.5 Å². The zero-order chi connectivity index (χ0) is 15.2. The highest BCUT2D eigenvalue weighted by atomic mass is 35.5. The number of nitrogens with zero attached hydrogens (tertiary/aromatic N) is 1. The van der Waals surface area contributed by atoms with E-state index in [0.29, 0.717) is 34.7 Å². The van der Waals surface area contributed by atoms with Crippen molar-refractivity contribution in [3.05, 3.63) is 52.9 Å². The quantitative estimate of drug-likeness (QED) is 0.858. The number of ether oxygens (including phenoxy) is 1. The van der Waals surface area contributed by atoms with E-state index >= 15 is 0 Å². The Morgan fingerprint density at radius 1 is 1.33 bits per heavy atom. The number of rotatable bonds is 6. The molecule has 1 aromatic heterocycles. The summed E-state index contributed by atoms with van der Waals surface area (Å²) >= 11 is 5.92. The third-order valence-electron chi connectivity index (χ3n) is 2.77. The number of hydrogen-bond acceptors (Lipinski definition) is 3. The summed E-state index contributed by atoms with van der Waals surface area (Å²) in [5.74, 6) is 1.10. The van der Waals surface area contributed by atoms with E-state index in [1.165, 1.54) is 6.07 Å². The lowest BCUT2D eigenvalue weighted by Crippen LogP contribution is -2.19. The molecule has 3 nitrogen and oxygen atoms in total. The van der Waals surface area contributed by atoms with E-state index in [-0.39, 0.29) is 5.82 Å². The molecular formula is C16H18ClFN2O. The zero-order valence-corrected chi connectivity index (χ0v) is 12.8. The molecule has 0 fully saturated rings. The van der Waals surface area contributed by atoms with Gasteiger partial charge in [-0.2, -0.15) is 0 Å². The molecule has 0 saturated carbocycles. The number of aromatic nitrogens is 1. The fourth-order valence-electron chi connectivity index (χ4n) is 1.82. The number of nitrogens with one attached hydrogen (secondary N) is 1. The maximum atomic E-state index is 13.4. The first kappa shape index (κ1) is 15.7. The highest BCUT2D eigenvalue weighted by Gasteiger charge is 2.09. The molecule has 21 heavy (non-hydrogen) atoms. The second-order valence-electron chi connectivity index (χ2n) is 5.20. The van der Waals surface area contributed by atoms with Crippen LogP contribution in [-0.2, 0) is 6.54 Å². The Labute approximate surface area is 129 Å². The Bertz CT molecular complexity index is 605. The first-order valence-electron chi connectivity index (χ1n) is 6.83. The van der Waals surface area contributed by atoms with Crippen molar-refractivity contribution in [2.24, 2.45) is 5.92 Å². The zero-order valence-electron chi connectivity index (χ0n) is 12.1. The van der Waals surface area contributed by atoms with Crippen LogP contribution in [0, 0.1) is 11.7 Å². The maximum Gasteiger partial charge on any atom is 0.223 e. The molecule has 0 atom stereocenters. The minimum absolute atomic E-state index is 0.380. The van der Waals surface area contributed by atoms with Crippen LogP contribution in [0.25, 0.3) is 0 Å². The maximum absolute atomic E-state index is 13.4. The van der Waals surface area contributed by atoms with Gasteiger partial charge in [0.15, 0.2) is 0 Å². The van der Waals surface area contributed by atoms with Gasteiger partial charge in [-0.05, 0) is 36.7 Å². The largest absolute Gasteiger partial charge is 0.439 e.